The molecule has 14 rings (SSSR count). The van der Waals surface area contributed by atoms with Gasteiger partial charge < -0.3 is 13.9 Å². The van der Waals surface area contributed by atoms with Crippen LogP contribution in [0.15, 0.2) is 233 Å². The van der Waals surface area contributed by atoms with E-state index in [2.05, 4.69) is 216 Å². The smallest absolute Gasteiger partial charge is 0.137 e. The molecule has 0 bridgehead atoms. The zero-order chi connectivity index (χ0) is 41.2. The first-order chi connectivity index (χ1) is 31.2. The van der Waals surface area contributed by atoms with Gasteiger partial charge in [0, 0.05) is 60.2 Å². The minimum absolute atomic E-state index is 0.501. The molecular formula is C59H36N2OS. The van der Waals surface area contributed by atoms with Crippen molar-refractivity contribution in [2.45, 2.75) is 15.2 Å². The molecule has 0 N–H and O–H groups in total. The molecule has 2 aliphatic rings. The van der Waals surface area contributed by atoms with Crippen molar-refractivity contribution in [1.82, 2.24) is 4.57 Å². The normalized spacial score (nSPS) is 15.0. The van der Waals surface area contributed by atoms with E-state index in [0.29, 0.717) is 0 Å². The molecule has 294 valence electrons. The van der Waals surface area contributed by atoms with Crippen molar-refractivity contribution in [2.24, 2.45) is 0 Å². The largest absolute Gasteiger partial charge is 0.456 e. The molecule has 1 atom stereocenters. The van der Waals surface area contributed by atoms with Crippen LogP contribution in [-0.4, -0.2) is 4.57 Å². The predicted octanol–water partition coefficient (Wildman–Crippen LogP) is 16.1. The quantitative estimate of drug-likeness (QED) is 0.176. The number of rotatable bonds is 4. The fraction of sp³-hybridized carbons (Fsp3) is 0.0169. The number of benzene rings is 10. The fourth-order valence-corrected chi connectivity index (χ4v) is 12.3. The molecule has 1 unspecified atom stereocenters. The van der Waals surface area contributed by atoms with E-state index < -0.39 is 5.41 Å². The van der Waals surface area contributed by atoms with E-state index in [1.54, 1.807) is 0 Å². The third-order valence-electron chi connectivity index (χ3n) is 13.6. The van der Waals surface area contributed by atoms with E-state index in [0.717, 1.165) is 55.7 Å². The Morgan fingerprint density at radius 3 is 1.97 bits per heavy atom. The van der Waals surface area contributed by atoms with Crippen molar-refractivity contribution in [1.29, 1.82) is 0 Å². The van der Waals surface area contributed by atoms with Crippen LogP contribution >= 0.6 is 11.8 Å². The van der Waals surface area contributed by atoms with Gasteiger partial charge in [0.1, 0.15) is 11.2 Å². The summed E-state index contributed by atoms with van der Waals surface area (Å²) in [6.07, 6.45) is 0. The molecule has 1 spiro atoms. The fourth-order valence-electron chi connectivity index (χ4n) is 11.1. The highest BCUT2D eigenvalue weighted by molar-refractivity contribution is 7.99. The number of para-hydroxylation sites is 3. The van der Waals surface area contributed by atoms with Crippen molar-refractivity contribution in [3.8, 4) is 16.8 Å². The van der Waals surface area contributed by atoms with Crippen molar-refractivity contribution in [2.75, 3.05) is 4.90 Å². The van der Waals surface area contributed by atoms with Crippen LogP contribution in [0.25, 0.3) is 71.3 Å². The summed E-state index contributed by atoms with van der Waals surface area (Å²) in [6, 6.07) is 80.4. The van der Waals surface area contributed by atoms with Crippen LogP contribution in [0.5, 0.6) is 0 Å². The zero-order valence-corrected chi connectivity index (χ0v) is 34.8. The molecule has 0 fully saturated rings. The van der Waals surface area contributed by atoms with Crippen LogP contribution in [0.1, 0.15) is 22.3 Å². The lowest BCUT2D eigenvalue weighted by Gasteiger charge is -2.46. The second-order valence-electron chi connectivity index (χ2n) is 16.8. The first-order valence-corrected chi connectivity index (χ1v) is 22.4. The lowest BCUT2D eigenvalue weighted by Crippen LogP contribution is -2.36. The van der Waals surface area contributed by atoms with Gasteiger partial charge in [-0.05, 0) is 111 Å². The Bertz CT molecular complexity index is 3860. The number of nitrogens with zero attached hydrogens (tertiary/aromatic N) is 2. The molecule has 63 heavy (non-hydrogen) atoms. The van der Waals surface area contributed by atoms with Gasteiger partial charge in [-0.3, -0.25) is 0 Å². The topological polar surface area (TPSA) is 21.3 Å². The standard InChI is InChI=1S/C59H36N2OS/c1-2-16-38(17-3-1)60(39-28-31-44-43-19-5-9-25-52(43)61(53(44)34-39)40-29-32-46-45-20-6-10-26-54(45)62-55(46)35-40)41-30-33-50-57(36-41)63-56-27-11-8-23-49(56)59(50)48-22-7-4-18-42(48)47-21-12-14-37-15-13-24-51(59)58(37)47/h1-36H. The summed E-state index contributed by atoms with van der Waals surface area (Å²) in [4.78, 5) is 4.96. The molecule has 0 saturated heterocycles. The van der Waals surface area contributed by atoms with Gasteiger partial charge in [0.15, 0.2) is 0 Å². The van der Waals surface area contributed by atoms with Gasteiger partial charge >= 0.3 is 0 Å². The first kappa shape index (κ1) is 34.9. The average molecular weight is 821 g/mol. The lowest BCUT2D eigenvalue weighted by molar-refractivity contribution is 0.668. The van der Waals surface area contributed by atoms with Gasteiger partial charge in [-0.25, -0.2) is 0 Å². The van der Waals surface area contributed by atoms with E-state index >= 15 is 0 Å². The average Bonchev–Trinajstić information content (AvgIpc) is 3.88. The van der Waals surface area contributed by atoms with Crippen LogP contribution in [0, 0.1) is 0 Å². The Labute approximate surface area is 368 Å². The third-order valence-corrected chi connectivity index (χ3v) is 14.8. The van der Waals surface area contributed by atoms with Gasteiger partial charge in [0.25, 0.3) is 0 Å². The Morgan fingerprint density at radius 2 is 1.05 bits per heavy atom. The molecule has 0 amide bonds. The predicted molar refractivity (Wildman–Crippen MR) is 262 cm³/mol. The molecule has 4 heteroatoms. The van der Waals surface area contributed by atoms with Gasteiger partial charge in [-0.15, -0.1) is 0 Å². The Balaban J connectivity index is 0.999. The monoisotopic (exact) mass is 820 g/mol. The summed E-state index contributed by atoms with van der Waals surface area (Å²) in [5.74, 6) is 0. The molecule has 10 aromatic carbocycles. The highest BCUT2D eigenvalue weighted by Gasteiger charge is 2.48. The highest BCUT2D eigenvalue weighted by Crippen LogP contribution is 2.61. The molecule has 3 nitrogen and oxygen atoms in total. The Kier molecular flexibility index (Phi) is 7.26. The van der Waals surface area contributed by atoms with E-state index in [4.69, 9.17) is 4.42 Å². The maximum Gasteiger partial charge on any atom is 0.137 e. The zero-order valence-electron chi connectivity index (χ0n) is 34.0. The summed E-state index contributed by atoms with van der Waals surface area (Å²) in [6.45, 7) is 0. The van der Waals surface area contributed by atoms with Gasteiger partial charge in [-0.1, -0.05) is 157 Å². The maximum absolute atomic E-state index is 6.43. The van der Waals surface area contributed by atoms with E-state index in [9.17, 15) is 0 Å². The van der Waals surface area contributed by atoms with E-state index in [1.807, 2.05) is 23.9 Å². The van der Waals surface area contributed by atoms with Crippen molar-refractivity contribution >= 4 is 83.3 Å². The van der Waals surface area contributed by atoms with Crippen molar-refractivity contribution in [3.63, 3.8) is 0 Å². The minimum atomic E-state index is -0.501. The van der Waals surface area contributed by atoms with E-state index in [-0.39, 0.29) is 0 Å². The summed E-state index contributed by atoms with van der Waals surface area (Å²) >= 11 is 1.89. The molecule has 0 radical (unpaired) electrons. The minimum Gasteiger partial charge on any atom is -0.456 e. The second-order valence-corrected chi connectivity index (χ2v) is 17.9. The summed E-state index contributed by atoms with van der Waals surface area (Å²) in [5.41, 5.74) is 15.9. The van der Waals surface area contributed by atoms with Crippen molar-refractivity contribution < 1.29 is 4.42 Å². The first-order valence-electron chi connectivity index (χ1n) is 21.6. The number of aromatic nitrogens is 1. The lowest BCUT2D eigenvalue weighted by atomic mass is 9.59. The number of hydrogen-bond donors (Lipinski definition) is 0. The van der Waals surface area contributed by atoms with Crippen LogP contribution in [0.2, 0.25) is 0 Å². The van der Waals surface area contributed by atoms with Gasteiger partial charge in [0.05, 0.1) is 16.4 Å². The molecular weight excluding hydrogens is 785 g/mol. The summed E-state index contributed by atoms with van der Waals surface area (Å²) < 4.78 is 8.83. The number of anilines is 3. The van der Waals surface area contributed by atoms with Gasteiger partial charge in [0.2, 0.25) is 0 Å². The molecule has 1 aliphatic heterocycles. The SMILES string of the molecule is c1ccc(N(c2ccc3c(c2)Sc2ccccc2C32c3ccccc3-c3cccc4cccc2c34)c2ccc3c4ccccc4n(-c4ccc5c(c4)oc4ccccc45)c3c2)cc1. The van der Waals surface area contributed by atoms with Crippen LogP contribution in [0.3, 0.4) is 0 Å². The summed E-state index contributed by atoms with van der Waals surface area (Å²) in [5, 5.41) is 7.29. The van der Waals surface area contributed by atoms with Crippen LogP contribution in [-0.2, 0) is 5.41 Å². The van der Waals surface area contributed by atoms with E-state index in [1.165, 1.54) is 64.7 Å². The Hall–Kier alpha value is -7.79. The van der Waals surface area contributed by atoms with Crippen molar-refractivity contribution in [3.05, 3.63) is 241 Å². The molecule has 3 heterocycles. The summed E-state index contributed by atoms with van der Waals surface area (Å²) in [7, 11) is 0. The molecule has 12 aromatic rings. The Morgan fingerprint density at radius 1 is 0.397 bits per heavy atom. The van der Waals surface area contributed by atoms with Crippen LogP contribution in [0.4, 0.5) is 17.1 Å². The van der Waals surface area contributed by atoms with Gasteiger partial charge in [-0.2, -0.15) is 0 Å². The molecule has 1 aliphatic carbocycles. The number of fused-ring (bicyclic) bond motifs is 14. The third kappa shape index (κ3) is 4.81. The maximum atomic E-state index is 6.43. The number of furan rings is 1. The number of hydrogen-bond acceptors (Lipinski definition) is 3. The highest BCUT2D eigenvalue weighted by atomic mass is 32.2. The molecule has 2 aromatic heterocycles. The molecule has 0 saturated carbocycles. The van der Waals surface area contributed by atoms with Crippen LogP contribution < -0.4 is 4.90 Å². The second kappa shape index (κ2) is 13.1.